The van der Waals surface area contributed by atoms with Crippen LogP contribution < -0.4 is 5.32 Å². The minimum Gasteiger partial charge on any atom is -0.396 e. The number of nitrogens with one attached hydrogen (secondary N) is 1. The van der Waals surface area contributed by atoms with Crippen molar-refractivity contribution in [3.05, 3.63) is 12.2 Å². The van der Waals surface area contributed by atoms with Crippen LogP contribution >= 0.6 is 0 Å². The SMILES string of the molecule is Cc1nc(NC2CCCCC2)c2ncn(C3C[C@H](O)[C@H](O)[C@H]3CO)c2n1. The van der Waals surface area contributed by atoms with Gasteiger partial charge in [-0.1, -0.05) is 19.3 Å². The van der Waals surface area contributed by atoms with Crippen LogP contribution in [-0.4, -0.2) is 59.7 Å². The molecule has 1 unspecified atom stereocenters. The molecule has 142 valence electrons. The predicted molar refractivity (Wildman–Crippen MR) is 96.8 cm³/mol. The van der Waals surface area contributed by atoms with Crippen molar-refractivity contribution in [3.63, 3.8) is 0 Å². The molecular weight excluding hydrogens is 334 g/mol. The van der Waals surface area contributed by atoms with Gasteiger partial charge in [-0.2, -0.15) is 0 Å². The molecule has 2 heterocycles. The van der Waals surface area contributed by atoms with Crippen molar-refractivity contribution in [2.24, 2.45) is 5.92 Å². The number of aliphatic hydroxyl groups excluding tert-OH is 3. The van der Waals surface area contributed by atoms with Crippen molar-refractivity contribution in [1.29, 1.82) is 0 Å². The molecule has 2 aromatic rings. The predicted octanol–water partition coefficient (Wildman–Crippen LogP) is 1.15. The summed E-state index contributed by atoms with van der Waals surface area (Å²) >= 11 is 0. The Labute approximate surface area is 152 Å². The van der Waals surface area contributed by atoms with Crippen molar-refractivity contribution in [3.8, 4) is 0 Å². The van der Waals surface area contributed by atoms with E-state index in [0.717, 1.165) is 18.7 Å². The summed E-state index contributed by atoms with van der Waals surface area (Å²) in [5.41, 5.74) is 1.38. The lowest BCUT2D eigenvalue weighted by Crippen LogP contribution is -2.29. The lowest BCUT2D eigenvalue weighted by Gasteiger charge is -2.24. The van der Waals surface area contributed by atoms with Gasteiger partial charge in [0.15, 0.2) is 11.5 Å². The number of nitrogens with zero attached hydrogens (tertiary/aromatic N) is 4. The average Bonchev–Trinajstić information content (AvgIpc) is 3.17. The zero-order valence-corrected chi connectivity index (χ0v) is 15.0. The zero-order valence-electron chi connectivity index (χ0n) is 15.0. The highest BCUT2D eigenvalue weighted by atomic mass is 16.3. The lowest BCUT2D eigenvalue weighted by molar-refractivity contribution is 0.00398. The van der Waals surface area contributed by atoms with Crippen LogP contribution in [0.1, 0.15) is 50.4 Å². The third kappa shape index (κ3) is 3.06. The standard InChI is InChI=1S/C18H27N5O3/c1-10-20-17(22-11-5-3-2-4-6-11)15-18(21-10)23(9-19-15)13-7-14(25)16(26)12(13)8-24/h9,11-14,16,24-26H,2-8H2,1H3,(H,20,21,22)/t12-,13?,14-,16+/m0/s1. The van der Waals surface area contributed by atoms with Gasteiger partial charge >= 0.3 is 0 Å². The van der Waals surface area contributed by atoms with Crippen LogP contribution in [0, 0.1) is 12.8 Å². The molecule has 2 aliphatic carbocycles. The van der Waals surface area contributed by atoms with Gasteiger partial charge in [0.25, 0.3) is 0 Å². The second-order valence-corrected chi connectivity index (χ2v) is 7.63. The Morgan fingerprint density at radius 1 is 1.19 bits per heavy atom. The molecule has 4 atom stereocenters. The Kier molecular flexibility index (Phi) is 4.81. The first-order chi connectivity index (χ1) is 12.6. The minimum atomic E-state index is -0.940. The molecule has 8 nitrogen and oxygen atoms in total. The van der Waals surface area contributed by atoms with Crippen molar-refractivity contribution in [1.82, 2.24) is 19.5 Å². The molecule has 8 heteroatoms. The molecule has 0 saturated heterocycles. The molecule has 0 spiro atoms. The maximum Gasteiger partial charge on any atom is 0.166 e. The number of hydrogen-bond donors (Lipinski definition) is 4. The van der Waals surface area contributed by atoms with Gasteiger partial charge in [0.1, 0.15) is 11.3 Å². The summed E-state index contributed by atoms with van der Waals surface area (Å²) < 4.78 is 1.87. The fourth-order valence-corrected chi connectivity index (χ4v) is 4.43. The van der Waals surface area contributed by atoms with Crippen molar-refractivity contribution in [2.45, 2.75) is 69.7 Å². The summed E-state index contributed by atoms with van der Waals surface area (Å²) in [5, 5.41) is 33.4. The number of hydrogen-bond acceptors (Lipinski definition) is 7. The number of aliphatic hydroxyl groups is 3. The van der Waals surface area contributed by atoms with E-state index in [1.165, 1.54) is 19.3 Å². The van der Waals surface area contributed by atoms with Gasteiger partial charge in [-0.25, -0.2) is 15.0 Å². The van der Waals surface area contributed by atoms with E-state index in [9.17, 15) is 15.3 Å². The van der Waals surface area contributed by atoms with Crippen LogP contribution in [0.3, 0.4) is 0 Å². The Bertz CT molecular complexity index is 774. The summed E-state index contributed by atoms with van der Waals surface area (Å²) in [5.74, 6) is 0.961. The molecule has 26 heavy (non-hydrogen) atoms. The van der Waals surface area contributed by atoms with Gasteiger partial charge in [-0.15, -0.1) is 0 Å². The molecule has 0 aliphatic heterocycles. The highest BCUT2D eigenvalue weighted by molar-refractivity contribution is 5.83. The smallest absolute Gasteiger partial charge is 0.166 e. The maximum absolute atomic E-state index is 10.1. The summed E-state index contributed by atoms with van der Waals surface area (Å²) in [4.78, 5) is 13.6. The molecule has 2 aliphatic rings. The van der Waals surface area contributed by atoms with Gasteiger partial charge in [0.05, 0.1) is 25.1 Å². The van der Waals surface area contributed by atoms with Crippen LogP contribution in [0.5, 0.6) is 0 Å². The number of rotatable bonds is 4. The van der Waals surface area contributed by atoms with Crippen molar-refractivity contribution < 1.29 is 15.3 Å². The van der Waals surface area contributed by atoms with Crippen LogP contribution in [0.15, 0.2) is 6.33 Å². The second-order valence-electron chi connectivity index (χ2n) is 7.63. The van der Waals surface area contributed by atoms with Crippen molar-refractivity contribution in [2.75, 3.05) is 11.9 Å². The first kappa shape index (κ1) is 17.6. The highest BCUT2D eigenvalue weighted by Gasteiger charge is 2.42. The van der Waals surface area contributed by atoms with E-state index >= 15 is 0 Å². The van der Waals surface area contributed by atoms with Gasteiger partial charge < -0.3 is 25.2 Å². The second kappa shape index (κ2) is 7.09. The van der Waals surface area contributed by atoms with E-state index < -0.39 is 18.1 Å². The van der Waals surface area contributed by atoms with Gasteiger partial charge in [0.2, 0.25) is 0 Å². The maximum atomic E-state index is 10.1. The first-order valence-corrected chi connectivity index (χ1v) is 9.53. The van der Waals surface area contributed by atoms with Gasteiger partial charge in [-0.3, -0.25) is 0 Å². The molecule has 0 aromatic carbocycles. The fourth-order valence-electron chi connectivity index (χ4n) is 4.43. The van der Waals surface area contributed by atoms with Gasteiger partial charge in [0, 0.05) is 18.0 Å². The quantitative estimate of drug-likeness (QED) is 0.645. The van der Waals surface area contributed by atoms with E-state index in [1.54, 1.807) is 6.33 Å². The molecule has 0 bridgehead atoms. The summed E-state index contributed by atoms with van der Waals surface area (Å²) in [6.07, 6.45) is 6.29. The number of aryl methyl sites for hydroxylation is 1. The molecule has 2 fully saturated rings. The summed E-state index contributed by atoms with van der Waals surface area (Å²) in [6, 6.07) is 0.165. The molecule has 4 rings (SSSR count). The van der Waals surface area contributed by atoms with Crippen LogP contribution in [-0.2, 0) is 0 Å². The Morgan fingerprint density at radius 3 is 2.69 bits per heavy atom. The van der Waals surface area contributed by atoms with Crippen molar-refractivity contribution >= 4 is 17.0 Å². The fraction of sp³-hybridized carbons (Fsp3) is 0.722. The number of aromatic nitrogens is 4. The zero-order chi connectivity index (χ0) is 18.3. The van der Waals surface area contributed by atoms with E-state index in [0.29, 0.717) is 29.5 Å². The van der Waals surface area contributed by atoms with E-state index in [-0.39, 0.29) is 12.6 Å². The third-order valence-electron chi connectivity index (χ3n) is 5.86. The third-order valence-corrected chi connectivity index (χ3v) is 5.86. The largest absolute Gasteiger partial charge is 0.396 e. The minimum absolute atomic E-state index is 0.195. The number of imidazole rings is 1. The van der Waals surface area contributed by atoms with Gasteiger partial charge in [-0.05, 0) is 26.2 Å². The molecule has 2 aromatic heterocycles. The number of fused-ring (bicyclic) bond motifs is 1. The molecule has 2 saturated carbocycles. The Balaban J connectivity index is 1.69. The lowest BCUT2D eigenvalue weighted by atomic mass is 9.95. The Hall–Kier alpha value is -1.77. The first-order valence-electron chi connectivity index (χ1n) is 9.53. The van der Waals surface area contributed by atoms with Crippen LogP contribution in [0.4, 0.5) is 5.82 Å². The van der Waals surface area contributed by atoms with Crippen LogP contribution in [0.25, 0.3) is 11.2 Å². The molecule has 4 N–H and O–H groups in total. The topological polar surface area (TPSA) is 116 Å². The molecule has 0 amide bonds. The highest BCUT2D eigenvalue weighted by Crippen LogP contribution is 2.38. The van der Waals surface area contributed by atoms with Crippen LogP contribution in [0.2, 0.25) is 0 Å². The normalized spacial score (nSPS) is 30.2. The monoisotopic (exact) mass is 361 g/mol. The Morgan fingerprint density at radius 2 is 1.96 bits per heavy atom. The number of anilines is 1. The molecule has 0 radical (unpaired) electrons. The summed E-state index contributed by atoms with van der Waals surface area (Å²) in [7, 11) is 0. The summed E-state index contributed by atoms with van der Waals surface area (Å²) in [6.45, 7) is 1.66. The van der Waals surface area contributed by atoms with E-state index in [1.807, 2.05) is 11.5 Å². The van der Waals surface area contributed by atoms with E-state index in [4.69, 9.17) is 0 Å². The van der Waals surface area contributed by atoms with E-state index in [2.05, 4.69) is 20.3 Å². The molecular formula is C18H27N5O3. The average molecular weight is 361 g/mol.